The van der Waals surface area contributed by atoms with E-state index < -0.39 is 34.9 Å². The van der Waals surface area contributed by atoms with Crippen LogP contribution in [-0.4, -0.2) is 39.8 Å². The molecule has 9 nitrogen and oxygen atoms in total. The van der Waals surface area contributed by atoms with Crippen molar-refractivity contribution in [3.05, 3.63) is 33.3 Å². The van der Waals surface area contributed by atoms with Crippen LogP contribution < -0.4 is 10.6 Å². The summed E-state index contributed by atoms with van der Waals surface area (Å²) >= 11 is 5.96. The number of non-ortho nitro benzene ring substituents is 1. The summed E-state index contributed by atoms with van der Waals surface area (Å²) in [5.41, 5.74) is -1.14. The summed E-state index contributed by atoms with van der Waals surface area (Å²) in [4.78, 5) is 48.6. The first kappa shape index (κ1) is 19.1. The molecule has 1 aliphatic carbocycles. The Morgan fingerprint density at radius 2 is 2.19 bits per heavy atom. The molecule has 1 aliphatic heterocycles. The number of carbonyl (C=O) groups excluding carboxylic acids is 3. The van der Waals surface area contributed by atoms with Crippen LogP contribution in [0.15, 0.2) is 18.2 Å². The number of nitrogens with one attached hydrogen (secondary N) is 2. The number of anilines is 1. The Bertz CT molecular complexity index is 830. The number of nitro groups is 1. The number of carbonyl (C=O) groups is 3. The topological polar surface area (TPSA) is 122 Å². The van der Waals surface area contributed by atoms with Crippen LogP contribution in [0.4, 0.5) is 16.2 Å². The molecule has 0 bridgehead atoms. The number of amides is 4. The van der Waals surface area contributed by atoms with E-state index in [4.69, 9.17) is 11.6 Å². The highest BCUT2D eigenvalue weighted by Gasteiger charge is 2.55. The summed E-state index contributed by atoms with van der Waals surface area (Å²) < 4.78 is 0. The van der Waals surface area contributed by atoms with Gasteiger partial charge in [0.1, 0.15) is 12.1 Å². The van der Waals surface area contributed by atoms with Gasteiger partial charge in [0, 0.05) is 12.1 Å². The highest BCUT2D eigenvalue weighted by molar-refractivity contribution is 6.33. The van der Waals surface area contributed by atoms with Gasteiger partial charge in [0.05, 0.1) is 15.6 Å². The van der Waals surface area contributed by atoms with Crippen molar-refractivity contribution in [2.45, 2.75) is 38.1 Å². The predicted octanol–water partition coefficient (Wildman–Crippen LogP) is 2.69. The van der Waals surface area contributed by atoms with Crippen molar-refractivity contribution < 1.29 is 19.3 Å². The molecular weight excluding hydrogens is 376 g/mol. The summed E-state index contributed by atoms with van der Waals surface area (Å²) in [5, 5.41) is 16.2. The molecule has 2 atom stereocenters. The first-order chi connectivity index (χ1) is 12.7. The van der Waals surface area contributed by atoms with Gasteiger partial charge in [0.15, 0.2) is 0 Å². The Morgan fingerprint density at radius 1 is 1.44 bits per heavy atom. The molecule has 10 heteroatoms. The molecule has 4 amide bonds. The first-order valence-electron chi connectivity index (χ1n) is 8.62. The molecule has 0 aromatic heterocycles. The smallest absolute Gasteiger partial charge is 0.323 e. The number of halogens is 1. The van der Waals surface area contributed by atoms with E-state index in [9.17, 15) is 24.5 Å². The van der Waals surface area contributed by atoms with Gasteiger partial charge < -0.3 is 10.6 Å². The maximum Gasteiger partial charge on any atom is 0.325 e. The molecule has 2 aliphatic rings. The number of hydrogen-bond acceptors (Lipinski definition) is 5. The van der Waals surface area contributed by atoms with Crippen molar-refractivity contribution >= 4 is 40.8 Å². The molecule has 0 radical (unpaired) electrons. The zero-order valence-electron chi connectivity index (χ0n) is 14.7. The SMILES string of the molecule is C[C@H]1CCCC[C@@]12NC(=O)N(CC(=O)Nc1cc([N+](=O)[O-])ccc1Cl)C2=O. The molecule has 1 saturated heterocycles. The van der Waals surface area contributed by atoms with E-state index in [-0.39, 0.29) is 22.3 Å². The van der Waals surface area contributed by atoms with Gasteiger partial charge in [-0.3, -0.25) is 24.6 Å². The number of nitro benzene ring substituents is 1. The van der Waals surface area contributed by atoms with Crippen LogP contribution in [0.3, 0.4) is 0 Å². The van der Waals surface area contributed by atoms with Crippen LogP contribution >= 0.6 is 11.6 Å². The fourth-order valence-corrected chi connectivity index (χ4v) is 3.86. The van der Waals surface area contributed by atoms with Crippen LogP contribution in [0.2, 0.25) is 5.02 Å². The van der Waals surface area contributed by atoms with Crippen LogP contribution in [0.1, 0.15) is 32.6 Å². The Balaban J connectivity index is 1.73. The lowest BCUT2D eigenvalue weighted by molar-refractivity contribution is -0.384. The third-order valence-corrected chi connectivity index (χ3v) is 5.57. The number of nitrogens with zero attached hydrogens (tertiary/aromatic N) is 2. The van der Waals surface area contributed by atoms with Crippen molar-refractivity contribution in [3.8, 4) is 0 Å². The van der Waals surface area contributed by atoms with E-state index in [1.54, 1.807) is 0 Å². The minimum Gasteiger partial charge on any atom is -0.323 e. The number of imide groups is 1. The second-order valence-corrected chi connectivity index (χ2v) is 7.32. The van der Waals surface area contributed by atoms with Crippen LogP contribution in [0.5, 0.6) is 0 Å². The van der Waals surface area contributed by atoms with Gasteiger partial charge in [-0.25, -0.2) is 4.79 Å². The predicted molar refractivity (Wildman–Crippen MR) is 97.3 cm³/mol. The Hall–Kier alpha value is -2.68. The molecule has 144 valence electrons. The summed E-state index contributed by atoms with van der Waals surface area (Å²) in [7, 11) is 0. The molecule has 1 aromatic carbocycles. The van der Waals surface area contributed by atoms with Crippen molar-refractivity contribution in [1.29, 1.82) is 0 Å². The summed E-state index contributed by atoms with van der Waals surface area (Å²) in [6.45, 7) is 1.43. The Labute approximate surface area is 160 Å². The van der Waals surface area contributed by atoms with Gasteiger partial charge in [-0.2, -0.15) is 0 Å². The van der Waals surface area contributed by atoms with Crippen molar-refractivity contribution in [1.82, 2.24) is 10.2 Å². The van der Waals surface area contributed by atoms with E-state index in [1.165, 1.54) is 12.1 Å². The highest BCUT2D eigenvalue weighted by atomic mass is 35.5. The minimum atomic E-state index is -0.946. The molecule has 1 aromatic rings. The Kier molecular flexibility index (Phi) is 5.05. The molecule has 3 rings (SSSR count). The van der Waals surface area contributed by atoms with Gasteiger partial charge in [-0.15, -0.1) is 0 Å². The maximum atomic E-state index is 12.8. The second kappa shape index (κ2) is 7.15. The zero-order chi connectivity index (χ0) is 19.8. The van der Waals surface area contributed by atoms with E-state index in [0.717, 1.165) is 30.2 Å². The lowest BCUT2D eigenvalue weighted by atomic mass is 9.73. The normalized spacial score (nSPS) is 24.8. The van der Waals surface area contributed by atoms with Gasteiger partial charge in [-0.1, -0.05) is 31.4 Å². The van der Waals surface area contributed by atoms with Gasteiger partial charge >= 0.3 is 6.03 Å². The quantitative estimate of drug-likeness (QED) is 0.462. The average molecular weight is 395 g/mol. The molecule has 0 unspecified atom stereocenters. The molecule has 1 spiro atoms. The number of rotatable bonds is 4. The van der Waals surface area contributed by atoms with E-state index >= 15 is 0 Å². The van der Waals surface area contributed by atoms with Crippen molar-refractivity contribution in [2.24, 2.45) is 5.92 Å². The average Bonchev–Trinajstić information content (AvgIpc) is 2.84. The third-order valence-electron chi connectivity index (χ3n) is 5.24. The van der Waals surface area contributed by atoms with Gasteiger partial charge in [0.25, 0.3) is 11.6 Å². The van der Waals surface area contributed by atoms with E-state index in [2.05, 4.69) is 10.6 Å². The Morgan fingerprint density at radius 3 is 2.85 bits per heavy atom. The fourth-order valence-electron chi connectivity index (χ4n) is 3.69. The third kappa shape index (κ3) is 3.46. The van der Waals surface area contributed by atoms with Gasteiger partial charge in [0.2, 0.25) is 5.91 Å². The molecule has 2 N–H and O–H groups in total. The molecule has 1 heterocycles. The lowest BCUT2D eigenvalue weighted by Crippen LogP contribution is -2.54. The summed E-state index contributed by atoms with van der Waals surface area (Å²) in [6, 6.07) is 3.02. The summed E-state index contributed by atoms with van der Waals surface area (Å²) in [5.74, 6) is -1.08. The van der Waals surface area contributed by atoms with Crippen LogP contribution in [0, 0.1) is 16.0 Å². The number of benzene rings is 1. The molecule has 2 fully saturated rings. The lowest BCUT2D eigenvalue weighted by Gasteiger charge is -2.36. The number of hydrogen-bond donors (Lipinski definition) is 2. The van der Waals surface area contributed by atoms with Crippen molar-refractivity contribution in [3.63, 3.8) is 0 Å². The summed E-state index contributed by atoms with van der Waals surface area (Å²) in [6.07, 6.45) is 3.21. The number of urea groups is 1. The van der Waals surface area contributed by atoms with Crippen LogP contribution in [0.25, 0.3) is 0 Å². The monoisotopic (exact) mass is 394 g/mol. The van der Waals surface area contributed by atoms with Crippen LogP contribution in [-0.2, 0) is 9.59 Å². The van der Waals surface area contributed by atoms with Crippen molar-refractivity contribution in [2.75, 3.05) is 11.9 Å². The molecule has 1 saturated carbocycles. The zero-order valence-corrected chi connectivity index (χ0v) is 15.4. The molecule has 27 heavy (non-hydrogen) atoms. The van der Waals surface area contributed by atoms with E-state index in [1.807, 2.05) is 6.92 Å². The second-order valence-electron chi connectivity index (χ2n) is 6.91. The fraction of sp³-hybridized carbons (Fsp3) is 0.471. The standard InChI is InChI=1S/C17H19ClN4O5/c1-10-4-2-3-7-17(10)15(24)21(16(25)20-17)9-14(23)19-13-8-11(22(26)27)5-6-12(13)18/h5-6,8,10H,2-4,7,9H2,1H3,(H,19,23)(H,20,25)/t10-,17+/m0/s1. The largest absolute Gasteiger partial charge is 0.325 e. The maximum absolute atomic E-state index is 12.8. The van der Waals surface area contributed by atoms with Gasteiger partial charge in [-0.05, 0) is 24.8 Å². The first-order valence-corrected chi connectivity index (χ1v) is 9.00. The minimum absolute atomic E-state index is 0.0121. The highest BCUT2D eigenvalue weighted by Crippen LogP contribution is 2.38. The molecular formula is C17H19ClN4O5. The van der Waals surface area contributed by atoms with E-state index in [0.29, 0.717) is 6.42 Å².